The van der Waals surface area contributed by atoms with Crippen molar-refractivity contribution in [2.75, 3.05) is 11.4 Å². The van der Waals surface area contributed by atoms with Crippen LogP contribution in [0.3, 0.4) is 0 Å². The lowest BCUT2D eigenvalue weighted by Gasteiger charge is -2.21. The summed E-state index contributed by atoms with van der Waals surface area (Å²) in [7, 11) is 0. The van der Waals surface area contributed by atoms with E-state index < -0.39 is 0 Å². The van der Waals surface area contributed by atoms with Crippen LogP contribution in [0.25, 0.3) is 0 Å². The Balaban J connectivity index is 2.36. The Morgan fingerprint density at radius 3 is 2.65 bits per heavy atom. The zero-order chi connectivity index (χ0) is 14.5. The van der Waals surface area contributed by atoms with Gasteiger partial charge in [-0.2, -0.15) is 5.26 Å². The van der Waals surface area contributed by atoms with Crippen molar-refractivity contribution < 1.29 is 4.79 Å². The van der Waals surface area contributed by atoms with Gasteiger partial charge in [-0.25, -0.2) is 9.97 Å². The predicted octanol–water partition coefficient (Wildman–Crippen LogP) is 2.67. The van der Waals surface area contributed by atoms with Crippen LogP contribution < -0.4 is 4.90 Å². The van der Waals surface area contributed by atoms with E-state index in [1.54, 1.807) is 23.1 Å². The van der Waals surface area contributed by atoms with E-state index in [0.717, 1.165) is 0 Å². The van der Waals surface area contributed by atoms with Crippen LogP contribution in [-0.2, 0) is 0 Å². The highest BCUT2D eigenvalue weighted by Crippen LogP contribution is 2.24. The van der Waals surface area contributed by atoms with Crippen molar-refractivity contribution in [1.29, 1.82) is 5.26 Å². The lowest BCUT2D eigenvalue weighted by molar-refractivity contribution is 0.0987. The molecule has 100 valence electrons. The van der Waals surface area contributed by atoms with Crippen LogP contribution in [0.1, 0.15) is 22.8 Å². The number of carbonyl (C=O) groups excluding carboxylic acids is 1. The Kier molecular flexibility index (Phi) is 4.28. The number of aromatic nitrogens is 2. The Bertz CT molecular complexity index is 667. The van der Waals surface area contributed by atoms with Gasteiger partial charge in [-0.3, -0.25) is 4.79 Å². The number of carbonyl (C=O) groups is 1. The zero-order valence-corrected chi connectivity index (χ0v) is 11.5. The second-order valence-corrected chi connectivity index (χ2v) is 4.36. The van der Waals surface area contributed by atoms with Gasteiger partial charge in [0.05, 0.1) is 16.1 Å². The summed E-state index contributed by atoms with van der Waals surface area (Å²) in [6.07, 6.45) is 4.29. The van der Waals surface area contributed by atoms with E-state index in [0.29, 0.717) is 28.4 Å². The normalized spacial score (nSPS) is 9.85. The van der Waals surface area contributed by atoms with E-state index in [1.807, 2.05) is 13.0 Å². The minimum atomic E-state index is -0.214. The van der Waals surface area contributed by atoms with Crippen molar-refractivity contribution >= 4 is 23.2 Å². The highest BCUT2D eigenvalue weighted by molar-refractivity contribution is 6.32. The lowest BCUT2D eigenvalue weighted by atomic mass is 10.2. The summed E-state index contributed by atoms with van der Waals surface area (Å²) >= 11 is 6.00. The number of rotatable bonds is 3. The van der Waals surface area contributed by atoms with Crippen LogP contribution >= 0.6 is 11.6 Å². The van der Waals surface area contributed by atoms with Gasteiger partial charge in [0, 0.05) is 24.6 Å². The molecule has 0 bridgehead atoms. The molecule has 2 rings (SSSR count). The number of hydrogen-bond donors (Lipinski definition) is 0. The standard InChI is InChI=1S/C14H11ClN4O/c1-2-19(14(20)11-7-17-9-18-8-11)12-4-3-10(6-16)13(15)5-12/h3-5,7-9H,2H2,1H3. The summed E-state index contributed by atoms with van der Waals surface area (Å²) in [4.78, 5) is 21.6. The second kappa shape index (κ2) is 6.13. The molecule has 0 spiro atoms. The van der Waals surface area contributed by atoms with Crippen molar-refractivity contribution in [3.63, 3.8) is 0 Å². The molecule has 0 saturated carbocycles. The van der Waals surface area contributed by atoms with Crippen molar-refractivity contribution in [2.45, 2.75) is 6.92 Å². The SMILES string of the molecule is CCN(C(=O)c1cncnc1)c1ccc(C#N)c(Cl)c1. The van der Waals surface area contributed by atoms with Crippen molar-refractivity contribution in [3.8, 4) is 6.07 Å². The zero-order valence-electron chi connectivity index (χ0n) is 10.7. The summed E-state index contributed by atoms with van der Waals surface area (Å²) in [5.74, 6) is -0.214. The van der Waals surface area contributed by atoms with E-state index in [4.69, 9.17) is 16.9 Å². The average molecular weight is 287 g/mol. The minimum absolute atomic E-state index is 0.214. The molecule has 1 aromatic heterocycles. The second-order valence-electron chi connectivity index (χ2n) is 3.95. The Morgan fingerprint density at radius 1 is 1.40 bits per heavy atom. The number of benzene rings is 1. The van der Waals surface area contributed by atoms with Crippen molar-refractivity contribution in [1.82, 2.24) is 9.97 Å². The molecular weight excluding hydrogens is 276 g/mol. The third-order valence-electron chi connectivity index (χ3n) is 2.75. The average Bonchev–Trinajstić information content (AvgIpc) is 2.49. The fraction of sp³-hybridized carbons (Fsp3) is 0.143. The molecule has 0 saturated heterocycles. The molecule has 0 fully saturated rings. The molecule has 5 nitrogen and oxygen atoms in total. The monoisotopic (exact) mass is 286 g/mol. The smallest absolute Gasteiger partial charge is 0.261 e. The predicted molar refractivity (Wildman–Crippen MR) is 75.5 cm³/mol. The number of anilines is 1. The molecular formula is C14H11ClN4O. The maximum Gasteiger partial charge on any atom is 0.261 e. The largest absolute Gasteiger partial charge is 0.309 e. The van der Waals surface area contributed by atoms with Gasteiger partial charge in [0.25, 0.3) is 5.91 Å². The van der Waals surface area contributed by atoms with E-state index >= 15 is 0 Å². The Morgan fingerprint density at radius 2 is 2.10 bits per heavy atom. The number of halogens is 1. The van der Waals surface area contributed by atoms with Crippen LogP contribution in [0, 0.1) is 11.3 Å². The van der Waals surface area contributed by atoms with Crippen molar-refractivity contribution in [3.05, 3.63) is 53.1 Å². The summed E-state index contributed by atoms with van der Waals surface area (Å²) < 4.78 is 0. The van der Waals surface area contributed by atoms with Gasteiger partial charge >= 0.3 is 0 Å². The molecule has 20 heavy (non-hydrogen) atoms. The van der Waals surface area contributed by atoms with E-state index in [9.17, 15) is 4.79 Å². The third kappa shape index (κ3) is 2.76. The van der Waals surface area contributed by atoms with Gasteiger partial charge in [0.1, 0.15) is 12.4 Å². The highest BCUT2D eigenvalue weighted by atomic mass is 35.5. The molecule has 1 amide bonds. The summed E-state index contributed by atoms with van der Waals surface area (Å²) in [6.45, 7) is 2.32. The van der Waals surface area contributed by atoms with E-state index in [1.165, 1.54) is 18.7 Å². The van der Waals surface area contributed by atoms with Crippen molar-refractivity contribution in [2.24, 2.45) is 0 Å². The fourth-order valence-electron chi connectivity index (χ4n) is 1.77. The van der Waals surface area contributed by atoms with Gasteiger partial charge in [-0.15, -0.1) is 0 Å². The molecule has 1 aromatic carbocycles. The van der Waals surface area contributed by atoms with Crippen LogP contribution in [-0.4, -0.2) is 22.4 Å². The fourth-order valence-corrected chi connectivity index (χ4v) is 1.99. The molecule has 1 heterocycles. The van der Waals surface area contributed by atoms with Crippen LogP contribution in [0.15, 0.2) is 36.9 Å². The number of hydrogen-bond acceptors (Lipinski definition) is 4. The highest BCUT2D eigenvalue weighted by Gasteiger charge is 2.17. The van der Waals surface area contributed by atoms with Gasteiger partial charge in [-0.1, -0.05) is 11.6 Å². The first-order valence-corrected chi connectivity index (χ1v) is 6.31. The summed E-state index contributed by atoms with van der Waals surface area (Å²) in [5, 5.41) is 9.18. The third-order valence-corrected chi connectivity index (χ3v) is 3.07. The molecule has 6 heteroatoms. The minimum Gasteiger partial charge on any atom is -0.309 e. The molecule has 0 aliphatic heterocycles. The van der Waals surface area contributed by atoms with Gasteiger partial charge in [-0.05, 0) is 25.1 Å². The maximum absolute atomic E-state index is 12.4. The molecule has 2 aromatic rings. The summed E-state index contributed by atoms with van der Waals surface area (Å²) in [5.41, 5.74) is 1.40. The first-order valence-electron chi connectivity index (χ1n) is 5.94. The van der Waals surface area contributed by atoms with Crippen LogP contribution in [0.4, 0.5) is 5.69 Å². The molecule has 0 N–H and O–H groups in total. The quantitative estimate of drug-likeness (QED) is 0.870. The van der Waals surface area contributed by atoms with E-state index in [-0.39, 0.29) is 5.91 Å². The lowest BCUT2D eigenvalue weighted by Crippen LogP contribution is -2.30. The summed E-state index contributed by atoms with van der Waals surface area (Å²) in [6, 6.07) is 6.87. The topological polar surface area (TPSA) is 69.9 Å². The van der Waals surface area contributed by atoms with Crippen LogP contribution in [0.5, 0.6) is 0 Å². The number of nitriles is 1. The molecule has 0 aliphatic carbocycles. The maximum atomic E-state index is 12.4. The Labute approximate surface area is 121 Å². The van der Waals surface area contributed by atoms with E-state index in [2.05, 4.69) is 9.97 Å². The Hall–Kier alpha value is -2.45. The van der Waals surface area contributed by atoms with Gasteiger partial charge in [0.2, 0.25) is 0 Å². The van der Waals surface area contributed by atoms with Gasteiger partial charge in [0.15, 0.2) is 0 Å². The van der Waals surface area contributed by atoms with Crippen LogP contribution in [0.2, 0.25) is 5.02 Å². The first kappa shape index (κ1) is 14.0. The first-order chi connectivity index (χ1) is 9.67. The molecule has 0 atom stereocenters. The molecule has 0 aliphatic rings. The molecule has 0 radical (unpaired) electrons. The molecule has 0 unspecified atom stereocenters. The van der Waals surface area contributed by atoms with Gasteiger partial charge < -0.3 is 4.90 Å². The number of nitrogens with zero attached hydrogens (tertiary/aromatic N) is 4. The number of amides is 1.